The van der Waals surface area contributed by atoms with Crippen molar-refractivity contribution in [3.05, 3.63) is 0 Å². The first-order valence-electron chi connectivity index (χ1n) is 4.58. The van der Waals surface area contributed by atoms with Gasteiger partial charge in [-0.1, -0.05) is 13.8 Å². The second kappa shape index (κ2) is 2.96. The van der Waals surface area contributed by atoms with E-state index in [2.05, 4.69) is 13.8 Å². The molecule has 1 rings (SSSR count). The van der Waals surface area contributed by atoms with E-state index < -0.39 is 0 Å². The normalized spacial score (nSPS) is 35.4. The van der Waals surface area contributed by atoms with Crippen LogP contribution in [-0.4, -0.2) is 5.71 Å². The molecule has 1 unspecified atom stereocenters. The average Bonchev–Trinajstić information content (AvgIpc) is 2.39. The minimum absolute atomic E-state index is 0.648. The van der Waals surface area contributed by atoms with Crippen molar-refractivity contribution in [1.29, 1.82) is 5.41 Å². The third-order valence-electron chi connectivity index (χ3n) is 3.10. The van der Waals surface area contributed by atoms with Crippen LogP contribution in [0.3, 0.4) is 0 Å². The molecule has 1 aliphatic carbocycles. The molecule has 0 aliphatic heterocycles. The van der Waals surface area contributed by atoms with Crippen LogP contribution in [0, 0.1) is 16.7 Å². The number of hydrogen-bond donors (Lipinski definition) is 1. The second-order valence-electron chi connectivity index (χ2n) is 4.39. The lowest BCUT2D eigenvalue weighted by molar-refractivity contribution is 0.461. The van der Waals surface area contributed by atoms with Gasteiger partial charge in [0.25, 0.3) is 0 Å². The van der Waals surface area contributed by atoms with Gasteiger partial charge in [0.15, 0.2) is 0 Å². The summed E-state index contributed by atoms with van der Waals surface area (Å²) in [7, 11) is 0. The minimum atomic E-state index is 0.648. The SMILES string of the molecule is CC(=N)CCCC1(C)C[C@@H]1C. The number of rotatable bonds is 4. The molecule has 0 spiro atoms. The Morgan fingerprint density at radius 2 is 2.18 bits per heavy atom. The van der Waals surface area contributed by atoms with Crippen LogP contribution in [0.15, 0.2) is 0 Å². The van der Waals surface area contributed by atoms with Gasteiger partial charge in [0.2, 0.25) is 0 Å². The van der Waals surface area contributed by atoms with Gasteiger partial charge in [0, 0.05) is 5.71 Å². The Labute approximate surface area is 69.7 Å². The van der Waals surface area contributed by atoms with Crippen molar-refractivity contribution >= 4 is 5.71 Å². The standard InChI is InChI=1S/C10H19N/c1-8-7-10(8,3)6-4-5-9(2)11/h8,11H,4-7H2,1-3H3/t8-,10?/m0/s1. The van der Waals surface area contributed by atoms with Crippen molar-refractivity contribution in [1.82, 2.24) is 0 Å². The Kier molecular flexibility index (Phi) is 2.36. The van der Waals surface area contributed by atoms with Crippen LogP contribution in [0.5, 0.6) is 0 Å². The van der Waals surface area contributed by atoms with Crippen molar-refractivity contribution in [2.45, 2.75) is 46.5 Å². The Balaban J connectivity index is 2.09. The van der Waals surface area contributed by atoms with Crippen LogP contribution < -0.4 is 0 Å². The fourth-order valence-corrected chi connectivity index (χ4v) is 1.75. The van der Waals surface area contributed by atoms with Crippen molar-refractivity contribution in [3.63, 3.8) is 0 Å². The fraction of sp³-hybridized carbons (Fsp3) is 0.900. The van der Waals surface area contributed by atoms with E-state index >= 15 is 0 Å². The zero-order valence-corrected chi connectivity index (χ0v) is 7.91. The zero-order valence-electron chi connectivity index (χ0n) is 7.91. The lowest BCUT2D eigenvalue weighted by Gasteiger charge is -2.07. The maximum atomic E-state index is 7.27. The molecule has 0 radical (unpaired) electrons. The van der Waals surface area contributed by atoms with Gasteiger partial charge in [-0.15, -0.1) is 0 Å². The predicted octanol–water partition coefficient (Wildman–Crippen LogP) is 3.24. The lowest BCUT2D eigenvalue weighted by atomic mass is 9.98. The maximum absolute atomic E-state index is 7.27. The quantitative estimate of drug-likeness (QED) is 0.599. The van der Waals surface area contributed by atoms with Gasteiger partial charge in [-0.3, -0.25) is 0 Å². The van der Waals surface area contributed by atoms with Crippen LogP contribution in [0.1, 0.15) is 46.5 Å². The molecular formula is C10H19N. The monoisotopic (exact) mass is 153 g/mol. The van der Waals surface area contributed by atoms with Crippen molar-refractivity contribution in [2.24, 2.45) is 11.3 Å². The molecule has 0 saturated heterocycles. The summed E-state index contributed by atoms with van der Waals surface area (Å²) in [5.74, 6) is 0.938. The van der Waals surface area contributed by atoms with Crippen LogP contribution in [-0.2, 0) is 0 Å². The van der Waals surface area contributed by atoms with E-state index in [1.807, 2.05) is 6.92 Å². The van der Waals surface area contributed by atoms with E-state index in [4.69, 9.17) is 5.41 Å². The Morgan fingerprint density at radius 1 is 1.64 bits per heavy atom. The summed E-state index contributed by atoms with van der Waals surface area (Å²) < 4.78 is 0. The molecule has 11 heavy (non-hydrogen) atoms. The zero-order chi connectivity index (χ0) is 8.48. The Morgan fingerprint density at radius 3 is 2.55 bits per heavy atom. The largest absolute Gasteiger partial charge is 0.310 e. The van der Waals surface area contributed by atoms with Crippen molar-refractivity contribution in [3.8, 4) is 0 Å². The highest BCUT2D eigenvalue weighted by molar-refractivity contribution is 5.78. The fourth-order valence-electron chi connectivity index (χ4n) is 1.75. The van der Waals surface area contributed by atoms with Crippen molar-refractivity contribution in [2.75, 3.05) is 0 Å². The highest BCUT2D eigenvalue weighted by Gasteiger charge is 2.45. The number of nitrogens with one attached hydrogen (secondary N) is 1. The Hall–Kier alpha value is -0.330. The second-order valence-corrected chi connectivity index (χ2v) is 4.39. The van der Waals surface area contributed by atoms with Crippen LogP contribution >= 0.6 is 0 Å². The third kappa shape index (κ3) is 2.32. The highest BCUT2D eigenvalue weighted by atomic mass is 14.5. The van der Waals surface area contributed by atoms with Gasteiger partial charge in [-0.05, 0) is 43.9 Å². The van der Waals surface area contributed by atoms with Crippen LogP contribution in [0.4, 0.5) is 0 Å². The first kappa shape index (κ1) is 8.76. The molecule has 0 aromatic carbocycles. The van der Waals surface area contributed by atoms with E-state index in [9.17, 15) is 0 Å². The predicted molar refractivity (Wildman–Crippen MR) is 49.1 cm³/mol. The van der Waals surface area contributed by atoms with E-state index in [1.54, 1.807) is 0 Å². The molecule has 0 aromatic rings. The molecule has 1 saturated carbocycles. The molecule has 1 fully saturated rings. The van der Waals surface area contributed by atoms with Gasteiger partial charge < -0.3 is 5.41 Å². The molecule has 0 amide bonds. The third-order valence-corrected chi connectivity index (χ3v) is 3.10. The van der Waals surface area contributed by atoms with Gasteiger partial charge in [-0.25, -0.2) is 0 Å². The van der Waals surface area contributed by atoms with Crippen molar-refractivity contribution < 1.29 is 0 Å². The molecule has 2 atom stereocenters. The topological polar surface area (TPSA) is 23.9 Å². The van der Waals surface area contributed by atoms with Gasteiger partial charge in [0.1, 0.15) is 0 Å². The first-order valence-corrected chi connectivity index (χ1v) is 4.58. The molecule has 64 valence electrons. The van der Waals surface area contributed by atoms with Crippen LogP contribution in [0.25, 0.3) is 0 Å². The lowest BCUT2D eigenvalue weighted by Crippen LogP contribution is -1.98. The summed E-state index contributed by atoms with van der Waals surface area (Å²) in [5, 5.41) is 7.27. The van der Waals surface area contributed by atoms with Gasteiger partial charge in [0.05, 0.1) is 0 Å². The molecule has 0 aromatic heterocycles. The minimum Gasteiger partial charge on any atom is -0.310 e. The van der Waals surface area contributed by atoms with E-state index in [0.29, 0.717) is 5.41 Å². The molecule has 0 heterocycles. The van der Waals surface area contributed by atoms with E-state index in [1.165, 1.54) is 19.3 Å². The smallest absolute Gasteiger partial charge is 0.00582 e. The first-order chi connectivity index (χ1) is 5.04. The summed E-state index contributed by atoms with van der Waals surface area (Å²) in [6.07, 6.45) is 4.95. The molecular weight excluding hydrogens is 134 g/mol. The summed E-state index contributed by atoms with van der Waals surface area (Å²) in [5.41, 5.74) is 1.48. The molecule has 1 N–H and O–H groups in total. The van der Waals surface area contributed by atoms with Gasteiger partial charge in [-0.2, -0.15) is 0 Å². The highest BCUT2D eigenvalue weighted by Crippen LogP contribution is 2.55. The number of hydrogen-bond acceptors (Lipinski definition) is 1. The van der Waals surface area contributed by atoms with Gasteiger partial charge >= 0.3 is 0 Å². The summed E-state index contributed by atoms with van der Waals surface area (Å²) in [6.45, 7) is 6.60. The molecule has 1 aliphatic rings. The Bertz CT molecular complexity index is 162. The molecule has 1 heteroatoms. The summed E-state index contributed by atoms with van der Waals surface area (Å²) in [6, 6.07) is 0. The van der Waals surface area contributed by atoms with E-state index in [0.717, 1.165) is 18.1 Å². The van der Waals surface area contributed by atoms with E-state index in [-0.39, 0.29) is 0 Å². The summed E-state index contributed by atoms with van der Waals surface area (Å²) >= 11 is 0. The average molecular weight is 153 g/mol. The van der Waals surface area contributed by atoms with Crippen LogP contribution in [0.2, 0.25) is 0 Å². The molecule has 1 nitrogen and oxygen atoms in total. The summed E-state index contributed by atoms with van der Waals surface area (Å²) in [4.78, 5) is 0. The molecule has 0 bridgehead atoms. The maximum Gasteiger partial charge on any atom is 0.00582 e.